The number of ketones is 1. The van der Waals surface area contributed by atoms with Gasteiger partial charge in [0, 0.05) is 26.2 Å². The Hall–Kier alpha value is -3.38. The number of fused-ring (bicyclic) bond motifs is 6. The van der Waals surface area contributed by atoms with Crippen LogP contribution in [0.25, 0.3) is 54.9 Å². The first-order valence-electron chi connectivity index (χ1n) is 13.4. The summed E-state index contributed by atoms with van der Waals surface area (Å²) in [6, 6.07) is 29.5. The number of rotatable bonds is 3. The summed E-state index contributed by atoms with van der Waals surface area (Å²) in [6.45, 7) is 4.95. The molecular weight excluding hydrogens is 747 g/mol. The standard InChI is InChI=1S/C30H26GeNO.C5H8O2.Ir/c1-19-16-23-22-12-8-9-13-28(22)33-30(23)24(17-19)27-18-25(31(2,3)4)29-21-11-7-6-10-20(21)14-15-26(29)32(27)5;1-4(6)3-5(2)7;/h6-16,18H,5H2,1-4H3;3,6H,1-2H3;/q-1;;/b;4-3-;. The molecule has 6 heteroatoms. The summed E-state index contributed by atoms with van der Waals surface area (Å²) in [5, 5.41) is 14.6. The minimum atomic E-state index is -2.28. The van der Waals surface area contributed by atoms with Gasteiger partial charge in [0.2, 0.25) is 0 Å². The van der Waals surface area contributed by atoms with Crippen LogP contribution >= 0.6 is 0 Å². The molecule has 0 atom stereocenters. The van der Waals surface area contributed by atoms with E-state index in [0.717, 1.165) is 44.3 Å². The summed E-state index contributed by atoms with van der Waals surface area (Å²) < 4.78 is 9.96. The van der Waals surface area contributed by atoms with Crippen LogP contribution in [0.5, 0.6) is 0 Å². The van der Waals surface area contributed by atoms with Crippen molar-refractivity contribution in [3.05, 3.63) is 103 Å². The molecule has 2 heterocycles. The van der Waals surface area contributed by atoms with Crippen molar-refractivity contribution in [1.82, 2.24) is 0 Å². The Kier molecular flexibility index (Phi) is 8.84. The summed E-state index contributed by atoms with van der Waals surface area (Å²) in [6.07, 6.45) is 1.17. The minimum absolute atomic E-state index is 0. The average molecular weight is 781 g/mol. The van der Waals surface area contributed by atoms with E-state index in [1.807, 2.05) is 12.1 Å². The molecule has 0 amide bonds. The van der Waals surface area contributed by atoms with Crippen molar-refractivity contribution in [2.45, 2.75) is 38.0 Å². The van der Waals surface area contributed by atoms with E-state index in [2.05, 4.69) is 103 Å². The van der Waals surface area contributed by atoms with Gasteiger partial charge in [-0.25, -0.2) is 0 Å². The third-order valence-electron chi connectivity index (χ3n) is 7.06. The molecule has 1 radical (unpaired) electrons. The van der Waals surface area contributed by atoms with E-state index in [0.29, 0.717) is 0 Å². The van der Waals surface area contributed by atoms with Crippen LogP contribution in [0.2, 0.25) is 17.3 Å². The zero-order valence-corrected chi connectivity index (χ0v) is 28.8. The molecule has 4 nitrogen and oxygen atoms in total. The van der Waals surface area contributed by atoms with Crippen molar-refractivity contribution < 1.29 is 39.0 Å². The molecule has 0 saturated carbocycles. The van der Waals surface area contributed by atoms with Crippen LogP contribution in [0.4, 0.5) is 0 Å². The largest absolute Gasteiger partial charge is 0 e. The van der Waals surface area contributed by atoms with Gasteiger partial charge in [-0.1, -0.05) is 0 Å². The first kappa shape index (κ1) is 30.6. The number of benzene rings is 4. The Morgan fingerprint density at radius 1 is 0.951 bits per heavy atom. The molecule has 0 bridgehead atoms. The number of hydrogen-bond donors (Lipinski definition) is 1. The summed E-state index contributed by atoms with van der Waals surface area (Å²) >= 11 is -2.28. The number of aliphatic hydroxyl groups excluding tert-OH is 1. The normalized spacial score (nSPS) is 11.9. The summed E-state index contributed by atoms with van der Waals surface area (Å²) in [5.41, 5.74) is 6.08. The average Bonchev–Trinajstić information content (AvgIpc) is 3.26. The van der Waals surface area contributed by atoms with E-state index in [1.54, 1.807) is 0 Å². The molecule has 0 aliphatic heterocycles. The molecule has 4 aromatic carbocycles. The second-order valence-corrected chi connectivity index (χ2v) is 21.9. The van der Waals surface area contributed by atoms with E-state index in [4.69, 9.17) is 9.52 Å². The molecule has 6 aromatic rings. The third-order valence-corrected chi connectivity index (χ3v) is 11.3. The fourth-order valence-corrected chi connectivity index (χ4v) is 8.68. The van der Waals surface area contributed by atoms with Gasteiger partial charge in [-0.2, -0.15) is 0 Å². The summed E-state index contributed by atoms with van der Waals surface area (Å²) in [7, 11) is 4.52. The fourth-order valence-electron chi connectivity index (χ4n) is 5.36. The first-order chi connectivity index (χ1) is 19.0. The molecule has 0 fully saturated rings. The molecule has 0 aliphatic carbocycles. The van der Waals surface area contributed by atoms with Crippen LogP contribution in [0.15, 0.2) is 89.0 Å². The molecule has 0 aliphatic rings. The number of aromatic nitrogens is 1. The number of nitrogens with zero attached hydrogens (tertiary/aromatic N) is 1. The van der Waals surface area contributed by atoms with E-state index in [-0.39, 0.29) is 31.6 Å². The molecule has 211 valence electrons. The maximum atomic E-state index is 10.0. The van der Waals surface area contributed by atoms with Crippen LogP contribution in [0.1, 0.15) is 19.4 Å². The van der Waals surface area contributed by atoms with Gasteiger partial charge in [0.25, 0.3) is 0 Å². The molecule has 2 aromatic heterocycles. The van der Waals surface area contributed by atoms with E-state index >= 15 is 0 Å². The van der Waals surface area contributed by atoms with Gasteiger partial charge in [0.05, 0.1) is 5.76 Å². The Bertz CT molecular complexity index is 1960. The predicted octanol–water partition coefficient (Wildman–Crippen LogP) is 8.18. The number of carbonyl (C=O) groups is 1. The maximum absolute atomic E-state index is 10.0. The number of pyridine rings is 1. The Morgan fingerprint density at radius 3 is 2.24 bits per heavy atom. The number of aliphatic hydroxyl groups is 1. The van der Waals surface area contributed by atoms with Crippen LogP contribution in [0, 0.1) is 20.0 Å². The molecule has 6 rings (SSSR count). The van der Waals surface area contributed by atoms with Gasteiger partial charge in [-0.3, -0.25) is 4.79 Å². The second kappa shape index (κ2) is 11.9. The monoisotopic (exact) mass is 783 g/mol. The molecule has 0 unspecified atom stereocenters. The molecule has 0 spiro atoms. The first-order valence-corrected chi connectivity index (χ1v) is 20.7. The van der Waals surface area contributed by atoms with Crippen LogP contribution in [0.3, 0.4) is 0 Å². The van der Waals surface area contributed by atoms with Crippen LogP contribution < -0.4 is 8.96 Å². The predicted molar refractivity (Wildman–Crippen MR) is 169 cm³/mol. The number of hydrogen-bond acceptors (Lipinski definition) is 3. The Morgan fingerprint density at radius 2 is 1.61 bits per heavy atom. The van der Waals surface area contributed by atoms with Gasteiger partial charge in [-0.05, 0) is 13.8 Å². The van der Waals surface area contributed by atoms with Crippen molar-refractivity contribution >= 4 is 67.1 Å². The second-order valence-electron chi connectivity index (χ2n) is 11.4. The van der Waals surface area contributed by atoms with E-state index in [1.165, 1.54) is 40.5 Å². The van der Waals surface area contributed by atoms with Gasteiger partial charge >= 0.3 is 197 Å². The van der Waals surface area contributed by atoms with Crippen molar-refractivity contribution in [2.24, 2.45) is 0 Å². The van der Waals surface area contributed by atoms with Crippen molar-refractivity contribution in [1.29, 1.82) is 0 Å². The maximum Gasteiger partial charge on any atom is 0 e. The van der Waals surface area contributed by atoms with Gasteiger partial charge in [0.1, 0.15) is 0 Å². The zero-order chi connectivity index (χ0) is 28.8. The smallest absolute Gasteiger partial charge is 0 e. The summed E-state index contributed by atoms with van der Waals surface area (Å²) in [4.78, 5) is 10.0. The number of para-hydroxylation sites is 1. The molecule has 1 N–H and O–H groups in total. The number of carbonyl (C=O) groups excluding carboxylic acids is 1. The van der Waals surface area contributed by atoms with Crippen molar-refractivity contribution in [3.63, 3.8) is 0 Å². The quantitative estimate of drug-likeness (QED) is 0.0493. The number of aryl methyl sites for hydroxylation is 1. The van der Waals surface area contributed by atoms with Crippen LogP contribution in [-0.2, 0) is 24.9 Å². The summed E-state index contributed by atoms with van der Waals surface area (Å²) in [5.74, 6) is 7.33. The van der Waals surface area contributed by atoms with Gasteiger partial charge in [-0.15, -0.1) is 0 Å². The number of allylic oxidation sites excluding steroid dienone is 2. The van der Waals surface area contributed by atoms with Gasteiger partial charge < -0.3 is 5.11 Å². The Labute approximate surface area is 257 Å². The third kappa shape index (κ3) is 5.99. The fraction of sp³-hybridized carbons (Fsp3) is 0.171. The number of furan rings is 1. The van der Waals surface area contributed by atoms with Crippen molar-refractivity contribution in [2.75, 3.05) is 0 Å². The van der Waals surface area contributed by atoms with E-state index < -0.39 is 13.3 Å². The van der Waals surface area contributed by atoms with E-state index in [9.17, 15) is 4.79 Å². The molecular formula is C35H34GeIrNO3-. The SMILES string of the molecule is CC(=O)/C=C(/C)O.[CH2-][n+]1c(-c2[c-]c(C)cc3c2oc2ccccc23)c[c]([Ge]([CH3])([CH3])[CH3])c2c3ccccc3ccc21.[Ir]. The topological polar surface area (TPSA) is 54.3 Å². The Balaban J connectivity index is 0.000000434. The molecule has 0 saturated heterocycles. The molecule has 41 heavy (non-hydrogen) atoms. The zero-order valence-electron chi connectivity index (χ0n) is 24.3. The van der Waals surface area contributed by atoms with Crippen LogP contribution in [-0.4, -0.2) is 24.2 Å². The minimum Gasteiger partial charge on any atom is 0 e. The van der Waals surface area contributed by atoms with Crippen molar-refractivity contribution in [3.8, 4) is 11.3 Å². The van der Waals surface area contributed by atoms with Gasteiger partial charge in [0.15, 0.2) is 5.78 Å².